The highest BCUT2D eigenvalue weighted by atomic mass is 16.5. The van der Waals surface area contributed by atoms with Gasteiger partial charge in [-0.2, -0.15) is 0 Å². The number of aromatic hydroxyl groups is 1. The van der Waals surface area contributed by atoms with Crippen LogP contribution < -0.4 is 4.74 Å². The Balaban J connectivity index is 2.21. The molecule has 0 aliphatic carbocycles. The molecule has 0 aliphatic rings. The second kappa shape index (κ2) is 6.37. The monoisotopic (exact) mass is 322 g/mol. The lowest BCUT2D eigenvalue weighted by Gasteiger charge is -2.11. The van der Waals surface area contributed by atoms with E-state index in [1.165, 1.54) is 12.3 Å². The van der Waals surface area contributed by atoms with Crippen LogP contribution in [0, 0.1) is 0 Å². The maximum atomic E-state index is 11.2. The molecule has 0 saturated heterocycles. The first kappa shape index (κ1) is 15.5. The highest BCUT2D eigenvalue weighted by Crippen LogP contribution is 2.35. The first-order chi connectivity index (χ1) is 11.6. The molecular weight excluding hydrogens is 308 g/mol. The van der Waals surface area contributed by atoms with E-state index >= 15 is 0 Å². The fraction of sp³-hybridized carbons (Fsp3) is 0.0556. The molecule has 2 N–H and O–H groups in total. The number of para-hydroxylation sites is 1. The summed E-state index contributed by atoms with van der Waals surface area (Å²) in [5.74, 6) is -0.841. The van der Waals surface area contributed by atoms with Gasteiger partial charge in [0.05, 0.1) is 12.8 Å². The first-order valence-electron chi connectivity index (χ1n) is 7.13. The molecule has 120 valence electrons. The second-order valence-electron chi connectivity index (χ2n) is 5.01. The SMILES string of the molecule is COc1ccc(-c2cnc(C(=O)O)nc2-c2ccccc2O)cc1. The number of nitrogens with zero attached hydrogens (tertiary/aromatic N) is 2. The lowest BCUT2D eigenvalue weighted by Crippen LogP contribution is -2.06. The number of phenolic OH excluding ortho intramolecular Hbond substituents is 1. The normalized spacial score (nSPS) is 10.4. The number of carboxylic acids is 1. The Morgan fingerprint density at radius 3 is 2.38 bits per heavy atom. The quantitative estimate of drug-likeness (QED) is 0.766. The van der Waals surface area contributed by atoms with E-state index in [-0.39, 0.29) is 11.6 Å². The van der Waals surface area contributed by atoms with Gasteiger partial charge in [0.15, 0.2) is 0 Å². The Hall–Kier alpha value is -3.41. The van der Waals surface area contributed by atoms with Crippen LogP contribution in [-0.2, 0) is 0 Å². The lowest BCUT2D eigenvalue weighted by molar-refractivity contribution is 0.0683. The summed E-state index contributed by atoms with van der Waals surface area (Å²) in [5, 5.41) is 19.3. The number of hydrogen-bond donors (Lipinski definition) is 2. The number of carbonyl (C=O) groups is 1. The molecular formula is C18H14N2O4. The number of carboxylic acid groups (broad SMARTS) is 1. The van der Waals surface area contributed by atoms with Crippen molar-refractivity contribution in [1.82, 2.24) is 9.97 Å². The number of methoxy groups -OCH3 is 1. The molecule has 1 aromatic heterocycles. The number of aromatic nitrogens is 2. The summed E-state index contributed by atoms with van der Waals surface area (Å²) in [6.45, 7) is 0. The summed E-state index contributed by atoms with van der Waals surface area (Å²) >= 11 is 0. The van der Waals surface area contributed by atoms with Crippen molar-refractivity contribution in [2.45, 2.75) is 0 Å². The van der Waals surface area contributed by atoms with Gasteiger partial charge in [-0.25, -0.2) is 14.8 Å². The van der Waals surface area contributed by atoms with E-state index in [1.807, 2.05) is 12.1 Å². The fourth-order valence-electron chi connectivity index (χ4n) is 2.35. The van der Waals surface area contributed by atoms with Crippen LogP contribution in [0.25, 0.3) is 22.4 Å². The van der Waals surface area contributed by atoms with Gasteiger partial charge in [-0.1, -0.05) is 24.3 Å². The summed E-state index contributed by atoms with van der Waals surface area (Å²) in [6.07, 6.45) is 1.44. The summed E-state index contributed by atoms with van der Waals surface area (Å²) in [6, 6.07) is 13.8. The average Bonchev–Trinajstić information content (AvgIpc) is 2.62. The minimum Gasteiger partial charge on any atom is -0.507 e. The number of ether oxygens (including phenoxy) is 1. The van der Waals surface area contributed by atoms with E-state index in [0.717, 1.165) is 5.56 Å². The predicted molar refractivity (Wildman–Crippen MR) is 88.1 cm³/mol. The van der Waals surface area contributed by atoms with Crippen molar-refractivity contribution in [3.63, 3.8) is 0 Å². The molecule has 0 atom stereocenters. The van der Waals surface area contributed by atoms with Gasteiger partial charge in [-0.15, -0.1) is 0 Å². The van der Waals surface area contributed by atoms with Crippen molar-refractivity contribution in [3.8, 4) is 33.9 Å². The molecule has 6 nitrogen and oxygen atoms in total. The zero-order valence-electron chi connectivity index (χ0n) is 12.8. The van der Waals surface area contributed by atoms with Crippen LogP contribution in [0.3, 0.4) is 0 Å². The van der Waals surface area contributed by atoms with Crippen LogP contribution in [0.4, 0.5) is 0 Å². The zero-order chi connectivity index (χ0) is 17.1. The lowest BCUT2D eigenvalue weighted by atomic mass is 10.00. The summed E-state index contributed by atoms with van der Waals surface area (Å²) < 4.78 is 5.14. The van der Waals surface area contributed by atoms with Crippen molar-refractivity contribution in [2.24, 2.45) is 0 Å². The summed E-state index contributed by atoms with van der Waals surface area (Å²) in [7, 11) is 1.58. The third-order valence-electron chi connectivity index (χ3n) is 3.54. The van der Waals surface area contributed by atoms with Crippen molar-refractivity contribution in [2.75, 3.05) is 7.11 Å². The maximum Gasteiger partial charge on any atom is 0.373 e. The molecule has 0 aliphatic heterocycles. The molecule has 0 saturated carbocycles. The zero-order valence-corrected chi connectivity index (χ0v) is 12.8. The number of phenols is 1. The smallest absolute Gasteiger partial charge is 0.373 e. The Bertz CT molecular complexity index is 892. The van der Waals surface area contributed by atoms with E-state index in [1.54, 1.807) is 37.4 Å². The molecule has 0 radical (unpaired) electrons. The average molecular weight is 322 g/mol. The standard InChI is InChI=1S/C18H14N2O4/c1-24-12-8-6-11(7-9-12)14-10-19-17(18(22)23)20-16(14)13-4-2-3-5-15(13)21/h2-10,21H,1H3,(H,22,23). The Morgan fingerprint density at radius 2 is 1.75 bits per heavy atom. The highest BCUT2D eigenvalue weighted by molar-refractivity contribution is 5.88. The van der Waals surface area contributed by atoms with Crippen LogP contribution in [0.5, 0.6) is 11.5 Å². The van der Waals surface area contributed by atoms with Crippen molar-refractivity contribution in [1.29, 1.82) is 0 Å². The minimum absolute atomic E-state index is 0.0160. The van der Waals surface area contributed by atoms with Gasteiger partial charge in [-0.05, 0) is 29.8 Å². The molecule has 0 amide bonds. The van der Waals surface area contributed by atoms with Gasteiger partial charge in [0.2, 0.25) is 5.82 Å². The molecule has 6 heteroatoms. The van der Waals surface area contributed by atoms with Crippen LogP contribution in [-0.4, -0.2) is 33.3 Å². The molecule has 24 heavy (non-hydrogen) atoms. The topological polar surface area (TPSA) is 92.5 Å². The molecule has 0 spiro atoms. The van der Waals surface area contributed by atoms with Gasteiger partial charge in [0, 0.05) is 17.3 Å². The molecule has 0 unspecified atom stereocenters. The van der Waals surface area contributed by atoms with E-state index in [9.17, 15) is 9.90 Å². The number of aromatic carboxylic acids is 1. The van der Waals surface area contributed by atoms with Gasteiger partial charge in [-0.3, -0.25) is 0 Å². The Labute approximate surface area is 138 Å². The molecule has 3 aromatic rings. The minimum atomic E-state index is -1.23. The Morgan fingerprint density at radius 1 is 1.04 bits per heavy atom. The molecule has 1 heterocycles. The maximum absolute atomic E-state index is 11.2. The third kappa shape index (κ3) is 2.89. The summed E-state index contributed by atoms with van der Waals surface area (Å²) in [4.78, 5) is 19.2. The second-order valence-corrected chi connectivity index (χ2v) is 5.01. The Kier molecular flexibility index (Phi) is 4.11. The number of rotatable bonds is 4. The van der Waals surface area contributed by atoms with Gasteiger partial charge in [0.1, 0.15) is 11.5 Å². The van der Waals surface area contributed by atoms with E-state index < -0.39 is 5.97 Å². The van der Waals surface area contributed by atoms with Crippen molar-refractivity contribution >= 4 is 5.97 Å². The van der Waals surface area contributed by atoms with Gasteiger partial charge < -0.3 is 14.9 Å². The van der Waals surface area contributed by atoms with Gasteiger partial charge >= 0.3 is 5.97 Å². The van der Waals surface area contributed by atoms with Crippen molar-refractivity contribution in [3.05, 3.63) is 60.6 Å². The number of benzene rings is 2. The highest BCUT2D eigenvalue weighted by Gasteiger charge is 2.17. The molecule has 0 bridgehead atoms. The van der Waals surface area contributed by atoms with Crippen LogP contribution in [0.15, 0.2) is 54.7 Å². The molecule has 2 aromatic carbocycles. The fourth-order valence-corrected chi connectivity index (χ4v) is 2.35. The third-order valence-corrected chi connectivity index (χ3v) is 3.54. The van der Waals surface area contributed by atoms with E-state index in [0.29, 0.717) is 22.6 Å². The van der Waals surface area contributed by atoms with Crippen LogP contribution in [0.2, 0.25) is 0 Å². The van der Waals surface area contributed by atoms with Crippen LogP contribution >= 0.6 is 0 Å². The van der Waals surface area contributed by atoms with Crippen LogP contribution in [0.1, 0.15) is 10.6 Å². The van der Waals surface area contributed by atoms with E-state index in [2.05, 4.69) is 9.97 Å². The van der Waals surface area contributed by atoms with E-state index in [4.69, 9.17) is 9.84 Å². The van der Waals surface area contributed by atoms with Gasteiger partial charge in [0.25, 0.3) is 0 Å². The number of hydrogen-bond acceptors (Lipinski definition) is 5. The molecule has 3 rings (SSSR count). The largest absolute Gasteiger partial charge is 0.507 e. The predicted octanol–water partition coefficient (Wildman–Crippen LogP) is 3.22. The summed E-state index contributed by atoms with van der Waals surface area (Å²) in [5.41, 5.74) is 2.19. The van der Waals surface area contributed by atoms with Crippen molar-refractivity contribution < 1.29 is 19.7 Å². The first-order valence-corrected chi connectivity index (χ1v) is 7.13. The molecule has 0 fully saturated rings.